The lowest BCUT2D eigenvalue weighted by Gasteiger charge is -2.27. The average molecular weight is 247 g/mol. The first-order chi connectivity index (χ1) is 8.81. The molecule has 1 aliphatic carbocycles. The normalized spacial score (nSPS) is 24.1. The molecule has 18 heavy (non-hydrogen) atoms. The van der Waals surface area contributed by atoms with Crippen molar-refractivity contribution in [2.75, 3.05) is 6.54 Å². The molecule has 1 aromatic heterocycles. The van der Waals surface area contributed by atoms with Gasteiger partial charge in [-0.05, 0) is 31.2 Å². The summed E-state index contributed by atoms with van der Waals surface area (Å²) in [7, 11) is 0. The molecule has 1 aliphatic rings. The molecule has 3 heteroatoms. The first-order valence-electron chi connectivity index (χ1n) is 7.18. The van der Waals surface area contributed by atoms with Crippen molar-refractivity contribution in [1.82, 2.24) is 15.1 Å². The van der Waals surface area contributed by atoms with Gasteiger partial charge in [-0.3, -0.25) is 0 Å². The van der Waals surface area contributed by atoms with Gasteiger partial charge in [0.15, 0.2) is 0 Å². The molecule has 1 saturated carbocycles. The summed E-state index contributed by atoms with van der Waals surface area (Å²) in [6.45, 7) is 8.08. The van der Waals surface area contributed by atoms with Crippen LogP contribution in [-0.4, -0.2) is 16.3 Å². The molecule has 1 aromatic rings. The summed E-state index contributed by atoms with van der Waals surface area (Å²) in [5.41, 5.74) is 1.23. The summed E-state index contributed by atoms with van der Waals surface area (Å²) in [4.78, 5) is 0. The molecule has 1 N–H and O–H groups in total. The van der Waals surface area contributed by atoms with E-state index in [9.17, 15) is 0 Å². The van der Waals surface area contributed by atoms with Gasteiger partial charge in [0.05, 0.1) is 6.20 Å². The fourth-order valence-corrected chi connectivity index (χ4v) is 2.83. The van der Waals surface area contributed by atoms with Crippen molar-refractivity contribution in [2.45, 2.75) is 45.6 Å². The van der Waals surface area contributed by atoms with E-state index in [2.05, 4.69) is 23.9 Å². The van der Waals surface area contributed by atoms with E-state index in [1.165, 1.54) is 37.7 Å². The predicted octanol–water partition coefficient (Wildman–Crippen LogP) is 3.29. The maximum Gasteiger partial charge on any atom is 0.0538 e. The van der Waals surface area contributed by atoms with Crippen LogP contribution in [0.4, 0.5) is 0 Å². The minimum atomic E-state index is 0.877. The van der Waals surface area contributed by atoms with Crippen molar-refractivity contribution >= 4 is 6.20 Å². The number of nitrogens with one attached hydrogen (secondary N) is 1. The quantitative estimate of drug-likeness (QED) is 0.836. The molecular formula is C15H25N3. The molecule has 100 valence electrons. The molecule has 0 saturated heterocycles. The Hall–Kier alpha value is -1.09. The second-order valence-corrected chi connectivity index (χ2v) is 5.44. The van der Waals surface area contributed by atoms with Crippen molar-refractivity contribution in [2.24, 2.45) is 11.8 Å². The SMILES string of the molecule is C=Cn1cc(CNCC2CCC(CC)CC2)cn1. The Balaban J connectivity index is 1.65. The van der Waals surface area contributed by atoms with Crippen LogP contribution in [0.1, 0.15) is 44.6 Å². The van der Waals surface area contributed by atoms with Gasteiger partial charge in [0, 0.05) is 24.5 Å². The third-order valence-corrected chi connectivity index (χ3v) is 4.15. The zero-order valence-corrected chi connectivity index (χ0v) is 11.4. The molecule has 0 amide bonds. The molecule has 0 atom stereocenters. The van der Waals surface area contributed by atoms with Gasteiger partial charge in [-0.1, -0.05) is 32.8 Å². The number of hydrogen-bond acceptors (Lipinski definition) is 2. The van der Waals surface area contributed by atoms with Crippen LogP contribution in [0.15, 0.2) is 19.0 Å². The maximum atomic E-state index is 4.18. The van der Waals surface area contributed by atoms with E-state index in [1.807, 2.05) is 12.4 Å². The third-order valence-electron chi connectivity index (χ3n) is 4.15. The highest BCUT2D eigenvalue weighted by Crippen LogP contribution is 2.30. The fourth-order valence-electron chi connectivity index (χ4n) is 2.83. The van der Waals surface area contributed by atoms with Crippen LogP contribution >= 0.6 is 0 Å². The molecular weight excluding hydrogens is 222 g/mol. The van der Waals surface area contributed by atoms with Crippen LogP contribution in [-0.2, 0) is 6.54 Å². The van der Waals surface area contributed by atoms with Gasteiger partial charge >= 0.3 is 0 Å². The summed E-state index contributed by atoms with van der Waals surface area (Å²) >= 11 is 0. The number of rotatable bonds is 6. The van der Waals surface area contributed by atoms with Gasteiger partial charge in [0.1, 0.15) is 0 Å². The molecule has 1 fully saturated rings. The fraction of sp³-hybridized carbons (Fsp3) is 0.667. The predicted molar refractivity (Wildman–Crippen MR) is 76.1 cm³/mol. The van der Waals surface area contributed by atoms with Crippen LogP contribution in [0.25, 0.3) is 6.20 Å². The average Bonchev–Trinajstić information content (AvgIpc) is 2.87. The standard InChI is InChI=1S/C15H25N3/c1-3-13-5-7-14(8-6-13)9-16-10-15-11-17-18(4-2)12-15/h4,11-14,16H,2-3,5-10H2,1H3. The maximum absolute atomic E-state index is 4.18. The van der Waals surface area contributed by atoms with Gasteiger partial charge in [-0.15, -0.1) is 0 Å². The van der Waals surface area contributed by atoms with E-state index in [0.717, 1.165) is 24.9 Å². The van der Waals surface area contributed by atoms with Crippen LogP contribution in [0.3, 0.4) is 0 Å². The van der Waals surface area contributed by atoms with E-state index in [0.29, 0.717) is 0 Å². The summed E-state index contributed by atoms with van der Waals surface area (Å²) in [5, 5.41) is 7.73. The second kappa shape index (κ2) is 6.74. The molecule has 1 heterocycles. The van der Waals surface area contributed by atoms with Crippen molar-refractivity contribution in [3.05, 3.63) is 24.5 Å². The van der Waals surface area contributed by atoms with E-state index in [-0.39, 0.29) is 0 Å². The molecule has 2 rings (SSSR count). The molecule has 0 spiro atoms. The molecule has 0 unspecified atom stereocenters. The van der Waals surface area contributed by atoms with Gasteiger partial charge < -0.3 is 5.32 Å². The summed E-state index contributed by atoms with van der Waals surface area (Å²) < 4.78 is 1.75. The summed E-state index contributed by atoms with van der Waals surface area (Å²) in [5.74, 6) is 1.87. The minimum Gasteiger partial charge on any atom is -0.312 e. The molecule has 0 aromatic carbocycles. The van der Waals surface area contributed by atoms with Crippen molar-refractivity contribution in [3.8, 4) is 0 Å². The Labute approximate surface area is 110 Å². The highest BCUT2D eigenvalue weighted by molar-refractivity contribution is 5.17. The molecule has 0 aliphatic heterocycles. The first-order valence-corrected chi connectivity index (χ1v) is 7.18. The van der Waals surface area contributed by atoms with Crippen LogP contribution in [0.2, 0.25) is 0 Å². The van der Waals surface area contributed by atoms with Crippen molar-refractivity contribution < 1.29 is 0 Å². The topological polar surface area (TPSA) is 29.9 Å². The zero-order valence-electron chi connectivity index (χ0n) is 11.4. The second-order valence-electron chi connectivity index (χ2n) is 5.44. The van der Waals surface area contributed by atoms with Crippen LogP contribution in [0.5, 0.6) is 0 Å². The number of nitrogens with zero attached hydrogens (tertiary/aromatic N) is 2. The summed E-state index contributed by atoms with van der Waals surface area (Å²) in [6.07, 6.45) is 12.7. The zero-order chi connectivity index (χ0) is 12.8. The lowest BCUT2D eigenvalue weighted by molar-refractivity contribution is 0.262. The first kappa shape index (κ1) is 13.3. The van der Waals surface area contributed by atoms with Gasteiger partial charge in [0.2, 0.25) is 0 Å². The van der Waals surface area contributed by atoms with Gasteiger partial charge in [0.25, 0.3) is 0 Å². The highest BCUT2D eigenvalue weighted by Gasteiger charge is 2.19. The Morgan fingerprint density at radius 1 is 1.39 bits per heavy atom. The van der Waals surface area contributed by atoms with E-state index < -0.39 is 0 Å². The van der Waals surface area contributed by atoms with Gasteiger partial charge in [-0.2, -0.15) is 5.10 Å². The number of hydrogen-bond donors (Lipinski definition) is 1. The monoisotopic (exact) mass is 247 g/mol. The van der Waals surface area contributed by atoms with Crippen molar-refractivity contribution in [1.29, 1.82) is 0 Å². The Morgan fingerprint density at radius 2 is 2.11 bits per heavy atom. The van der Waals surface area contributed by atoms with Crippen molar-refractivity contribution in [3.63, 3.8) is 0 Å². The van der Waals surface area contributed by atoms with Gasteiger partial charge in [-0.25, -0.2) is 4.68 Å². The van der Waals surface area contributed by atoms with E-state index in [1.54, 1.807) is 10.9 Å². The lowest BCUT2D eigenvalue weighted by Crippen LogP contribution is -2.26. The molecule has 3 nitrogen and oxygen atoms in total. The lowest BCUT2D eigenvalue weighted by atomic mass is 9.81. The minimum absolute atomic E-state index is 0.877. The Kier molecular flexibility index (Phi) is 5.00. The summed E-state index contributed by atoms with van der Waals surface area (Å²) in [6, 6.07) is 0. The van der Waals surface area contributed by atoms with Crippen LogP contribution < -0.4 is 5.32 Å². The van der Waals surface area contributed by atoms with Crippen LogP contribution in [0, 0.1) is 11.8 Å². The smallest absolute Gasteiger partial charge is 0.0538 e. The molecule has 0 bridgehead atoms. The Bertz CT molecular complexity index is 362. The molecule has 0 radical (unpaired) electrons. The third kappa shape index (κ3) is 3.70. The Morgan fingerprint density at radius 3 is 2.72 bits per heavy atom. The van der Waals surface area contributed by atoms with E-state index >= 15 is 0 Å². The largest absolute Gasteiger partial charge is 0.312 e. The highest BCUT2D eigenvalue weighted by atomic mass is 15.2. The van der Waals surface area contributed by atoms with E-state index in [4.69, 9.17) is 0 Å². The number of aromatic nitrogens is 2.